The van der Waals surface area contributed by atoms with Gasteiger partial charge in [0.15, 0.2) is 5.82 Å². The summed E-state index contributed by atoms with van der Waals surface area (Å²) in [6, 6.07) is 26.2. The van der Waals surface area contributed by atoms with Gasteiger partial charge in [-0.15, -0.1) is 0 Å². The number of aliphatic imine (C=N–C) groups is 1. The maximum Gasteiger partial charge on any atom is 0.151 e. The molecule has 4 aromatic rings. The van der Waals surface area contributed by atoms with Crippen LogP contribution in [0.5, 0.6) is 5.75 Å². The van der Waals surface area contributed by atoms with Gasteiger partial charge in [0.1, 0.15) is 17.4 Å². The molecule has 1 aliphatic rings. The van der Waals surface area contributed by atoms with E-state index in [1.54, 1.807) is 13.3 Å². The number of pyridine rings is 1. The molecule has 0 spiro atoms. The van der Waals surface area contributed by atoms with Crippen LogP contribution >= 0.6 is 0 Å². The highest BCUT2D eigenvalue weighted by molar-refractivity contribution is 6.18. The van der Waals surface area contributed by atoms with Gasteiger partial charge in [0.05, 0.1) is 24.2 Å². The average molecular weight is 416 g/mol. The number of nitriles is 1. The molecule has 0 radical (unpaired) electrons. The van der Waals surface area contributed by atoms with E-state index in [2.05, 4.69) is 35.4 Å². The highest BCUT2D eigenvalue weighted by atomic mass is 16.5. The van der Waals surface area contributed by atoms with Crippen molar-refractivity contribution in [3.63, 3.8) is 0 Å². The van der Waals surface area contributed by atoms with Crippen LogP contribution in [0.15, 0.2) is 89.8 Å². The van der Waals surface area contributed by atoms with Gasteiger partial charge >= 0.3 is 0 Å². The molecule has 5 heteroatoms. The van der Waals surface area contributed by atoms with Gasteiger partial charge in [-0.2, -0.15) is 5.26 Å². The van der Waals surface area contributed by atoms with Crippen LogP contribution < -0.4 is 10.1 Å². The highest BCUT2D eigenvalue weighted by Gasteiger charge is 2.23. The molecule has 5 rings (SSSR count). The molecule has 0 atom stereocenters. The Morgan fingerprint density at radius 2 is 1.81 bits per heavy atom. The Labute approximate surface area is 186 Å². The van der Waals surface area contributed by atoms with Gasteiger partial charge in [0.2, 0.25) is 0 Å². The number of benzene rings is 3. The molecule has 154 valence electrons. The lowest BCUT2D eigenvalue weighted by atomic mass is 9.97. The van der Waals surface area contributed by atoms with Crippen molar-refractivity contribution in [3.05, 3.63) is 107 Å². The summed E-state index contributed by atoms with van der Waals surface area (Å²) in [7, 11) is 1.64. The van der Waals surface area contributed by atoms with Crippen molar-refractivity contribution in [2.24, 2.45) is 4.99 Å². The Kier molecular flexibility index (Phi) is 4.89. The zero-order valence-corrected chi connectivity index (χ0v) is 17.8. The van der Waals surface area contributed by atoms with Crippen molar-refractivity contribution >= 4 is 27.7 Å². The monoisotopic (exact) mass is 416 g/mol. The smallest absolute Gasteiger partial charge is 0.151 e. The van der Waals surface area contributed by atoms with Crippen LogP contribution in [0, 0.1) is 18.3 Å². The second kappa shape index (κ2) is 8.01. The summed E-state index contributed by atoms with van der Waals surface area (Å²) in [4.78, 5) is 9.45. The molecule has 1 N–H and O–H groups in total. The summed E-state index contributed by atoms with van der Waals surface area (Å²) in [5.74, 6) is 1.19. The van der Waals surface area contributed by atoms with Crippen molar-refractivity contribution in [2.75, 3.05) is 12.4 Å². The summed E-state index contributed by atoms with van der Waals surface area (Å²) in [6.07, 6.45) is 1.72. The Bertz CT molecular complexity index is 1440. The molecule has 0 amide bonds. The topological polar surface area (TPSA) is 70.3 Å². The molecule has 5 nitrogen and oxygen atoms in total. The third-order valence-electron chi connectivity index (χ3n) is 5.54. The predicted molar refractivity (Wildman–Crippen MR) is 128 cm³/mol. The van der Waals surface area contributed by atoms with Gasteiger partial charge in [-0.05, 0) is 30.5 Å². The number of hydrogen-bond donors (Lipinski definition) is 1. The zero-order valence-electron chi connectivity index (χ0n) is 17.8. The fraction of sp³-hybridized carbons (Fsp3) is 0.0741. The van der Waals surface area contributed by atoms with Crippen LogP contribution in [0.25, 0.3) is 16.3 Å². The molecule has 3 aromatic carbocycles. The number of nitrogens with zero attached hydrogens (tertiary/aromatic N) is 3. The minimum absolute atomic E-state index is 0.389. The second-order valence-corrected chi connectivity index (χ2v) is 7.58. The third-order valence-corrected chi connectivity index (χ3v) is 5.54. The number of methoxy groups -OCH3 is 1. The largest absolute Gasteiger partial charge is 0.497 e. The number of rotatable bonds is 3. The number of ether oxygens (including phenoxy) is 1. The molecule has 32 heavy (non-hydrogen) atoms. The lowest BCUT2D eigenvalue weighted by molar-refractivity contribution is 0.415. The van der Waals surface area contributed by atoms with Gasteiger partial charge < -0.3 is 10.1 Å². The van der Waals surface area contributed by atoms with Crippen molar-refractivity contribution in [3.8, 4) is 11.8 Å². The van der Waals surface area contributed by atoms with Crippen molar-refractivity contribution in [1.29, 1.82) is 5.26 Å². The molecular weight excluding hydrogens is 396 g/mol. The van der Waals surface area contributed by atoms with E-state index in [9.17, 15) is 5.26 Å². The first-order chi connectivity index (χ1) is 15.7. The zero-order chi connectivity index (χ0) is 22.1. The summed E-state index contributed by atoms with van der Waals surface area (Å²) < 4.78 is 5.43. The van der Waals surface area contributed by atoms with Crippen LogP contribution in [0.3, 0.4) is 0 Å². The second-order valence-electron chi connectivity index (χ2n) is 7.58. The summed E-state index contributed by atoms with van der Waals surface area (Å²) in [6.45, 7) is 2.05. The maximum absolute atomic E-state index is 10.2. The lowest BCUT2D eigenvalue weighted by Gasteiger charge is -2.22. The Hall–Kier alpha value is -4.43. The van der Waals surface area contributed by atoms with E-state index in [1.165, 1.54) is 5.56 Å². The maximum atomic E-state index is 10.2. The number of aromatic nitrogens is 1. The van der Waals surface area contributed by atoms with Crippen molar-refractivity contribution < 1.29 is 4.74 Å². The van der Waals surface area contributed by atoms with Crippen LogP contribution in [-0.2, 0) is 0 Å². The number of fused-ring (bicyclic) bond motifs is 2. The van der Waals surface area contributed by atoms with Gasteiger partial charge in [0.25, 0.3) is 0 Å². The van der Waals surface area contributed by atoms with Crippen LogP contribution in [0.4, 0.5) is 5.69 Å². The Balaban J connectivity index is 1.77. The van der Waals surface area contributed by atoms with Gasteiger partial charge in [-0.1, -0.05) is 54.1 Å². The predicted octanol–water partition coefficient (Wildman–Crippen LogP) is 5.71. The lowest BCUT2D eigenvalue weighted by Crippen LogP contribution is -2.17. The molecule has 2 heterocycles. The minimum atomic E-state index is 0.389. The molecule has 1 aliphatic heterocycles. The highest BCUT2D eigenvalue weighted by Crippen LogP contribution is 2.34. The van der Waals surface area contributed by atoms with Crippen LogP contribution in [0.2, 0.25) is 0 Å². The summed E-state index contributed by atoms with van der Waals surface area (Å²) >= 11 is 0. The number of anilines is 1. The van der Waals surface area contributed by atoms with Crippen molar-refractivity contribution in [1.82, 2.24) is 4.98 Å². The average Bonchev–Trinajstić information content (AvgIpc) is 2.84. The van der Waals surface area contributed by atoms with Crippen LogP contribution in [0.1, 0.15) is 22.4 Å². The van der Waals surface area contributed by atoms with E-state index in [1.807, 2.05) is 60.7 Å². The summed E-state index contributed by atoms with van der Waals surface area (Å²) in [5.41, 5.74) is 5.71. The first-order valence-electron chi connectivity index (χ1n) is 10.3. The van der Waals surface area contributed by atoms with E-state index in [-0.39, 0.29) is 0 Å². The van der Waals surface area contributed by atoms with E-state index >= 15 is 0 Å². The first kappa shape index (κ1) is 19.5. The van der Waals surface area contributed by atoms with Crippen LogP contribution in [-0.4, -0.2) is 17.8 Å². The summed E-state index contributed by atoms with van der Waals surface area (Å²) in [5, 5.41) is 15.4. The van der Waals surface area contributed by atoms with Gasteiger partial charge in [-0.3, -0.25) is 4.98 Å². The van der Waals surface area contributed by atoms with E-state index in [4.69, 9.17) is 9.73 Å². The molecular formula is C27H20N4O. The minimum Gasteiger partial charge on any atom is -0.497 e. The Morgan fingerprint density at radius 3 is 2.59 bits per heavy atom. The molecule has 1 aromatic heterocycles. The number of nitrogens with one attached hydrogen (secondary N) is 1. The quantitative estimate of drug-likeness (QED) is 0.435. The third kappa shape index (κ3) is 3.38. The standard InChI is InChI=1S/C27H20N4O/c1-17-7-9-19(10-8-17)25-22-12-11-20(32-2)15-24(22)30-27(31-25)23(16-28)26-21-6-4-3-5-18(21)13-14-29-26/h3-15,30H,1-2H3/b27-23+. The van der Waals surface area contributed by atoms with E-state index in [0.717, 1.165) is 39.0 Å². The molecule has 0 unspecified atom stereocenters. The fourth-order valence-corrected chi connectivity index (χ4v) is 3.87. The fourth-order valence-electron chi connectivity index (χ4n) is 3.87. The van der Waals surface area contributed by atoms with E-state index in [0.29, 0.717) is 17.1 Å². The van der Waals surface area contributed by atoms with Gasteiger partial charge in [-0.25, -0.2) is 4.99 Å². The van der Waals surface area contributed by atoms with Crippen molar-refractivity contribution in [2.45, 2.75) is 6.92 Å². The first-order valence-corrected chi connectivity index (χ1v) is 10.3. The SMILES string of the molecule is COc1ccc2c(c1)N/C(=C(/C#N)c1nccc3ccccc13)N=C2c1ccc(C)cc1. The number of aryl methyl sites for hydroxylation is 1. The molecule has 0 saturated carbocycles. The molecule has 0 saturated heterocycles. The number of allylic oxidation sites excluding steroid dienone is 1. The normalized spacial score (nSPS) is 14.1. The van der Waals surface area contributed by atoms with Gasteiger partial charge in [0, 0.05) is 28.8 Å². The molecule has 0 bridgehead atoms. The number of hydrogen-bond acceptors (Lipinski definition) is 5. The van der Waals surface area contributed by atoms with E-state index < -0.39 is 0 Å². The molecule has 0 aliphatic carbocycles. The molecule has 0 fully saturated rings. The Morgan fingerprint density at radius 1 is 1.00 bits per heavy atom.